The van der Waals surface area contributed by atoms with Gasteiger partial charge in [-0.25, -0.2) is 8.42 Å². The lowest BCUT2D eigenvalue weighted by Crippen LogP contribution is -2.34. The topological polar surface area (TPSA) is 105 Å². The summed E-state index contributed by atoms with van der Waals surface area (Å²) in [5.41, 5.74) is 1.03. The monoisotopic (exact) mass is 634 g/mol. The van der Waals surface area contributed by atoms with Crippen molar-refractivity contribution in [3.63, 3.8) is 0 Å². The number of carbonyl (C=O) groups is 1. The third-order valence-electron chi connectivity index (χ3n) is 7.49. The fraction of sp³-hybridized carbons (Fsp3) is 0.406. The van der Waals surface area contributed by atoms with Crippen LogP contribution >= 0.6 is 0 Å². The Hall–Kier alpha value is -3.61. The molecule has 0 bridgehead atoms. The Morgan fingerprint density at radius 2 is 1.68 bits per heavy atom. The molecule has 12 heteroatoms. The first-order valence-corrected chi connectivity index (χ1v) is 16.1. The summed E-state index contributed by atoms with van der Waals surface area (Å²) >= 11 is 0. The van der Waals surface area contributed by atoms with E-state index in [2.05, 4.69) is 10.2 Å². The number of aliphatic hydroxyl groups excluding tert-OH is 1. The van der Waals surface area contributed by atoms with Crippen LogP contribution in [0.5, 0.6) is 5.75 Å². The number of sulfone groups is 1. The van der Waals surface area contributed by atoms with Gasteiger partial charge in [0.05, 0.1) is 48.1 Å². The van der Waals surface area contributed by atoms with Crippen LogP contribution in [-0.2, 0) is 20.8 Å². The van der Waals surface area contributed by atoms with Gasteiger partial charge in [0, 0.05) is 24.3 Å². The third kappa shape index (κ3) is 8.30. The summed E-state index contributed by atoms with van der Waals surface area (Å²) in [6, 6.07) is 16.9. The van der Waals surface area contributed by atoms with E-state index in [1.165, 1.54) is 24.3 Å². The number of alkyl halides is 3. The molecule has 0 radical (unpaired) electrons. The molecule has 1 aliphatic heterocycles. The van der Waals surface area contributed by atoms with Crippen molar-refractivity contribution in [2.45, 2.75) is 55.9 Å². The second-order valence-electron chi connectivity index (χ2n) is 10.6. The molecule has 3 aromatic rings. The largest absolute Gasteiger partial charge is 0.489 e. The molecule has 3 atom stereocenters. The number of rotatable bonds is 13. The van der Waals surface area contributed by atoms with Crippen LogP contribution in [0.1, 0.15) is 54.2 Å². The minimum atomic E-state index is -4.42. The highest BCUT2D eigenvalue weighted by molar-refractivity contribution is 7.91. The van der Waals surface area contributed by atoms with Gasteiger partial charge < -0.3 is 24.8 Å². The third-order valence-corrected chi connectivity index (χ3v) is 9.24. The van der Waals surface area contributed by atoms with Gasteiger partial charge in [-0.15, -0.1) is 0 Å². The predicted molar refractivity (Wildman–Crippen MR) is 161 cm³/mol. The highest BCUT2D eigenvalue weighted by Gasteiger charge is 2.34. The molecule has 0 saturated carbocycles. The Bertz CT molecular complexity index is 1480. The molecule has 1 heterocycles. The van der Waals surface area contributed by atoms with Gasteiger partial charge in [-0.1, -0.05) is 26.0 Å². The van der Waals surface area contributed by atoms with E-state index in [0.717, 1.165) is 24.2 Å². The van der Waals surface area contributed by atoms with E-state index in [9.17, 15) is 31.5 Å². The van der Waals surface area contributed by atoms with E-state index in [4.69, 9.17) is 9.47 Å². The molecule has 4 rings (SSSR count). The molecule has 1 fully saturated rings. The summed E-state index contributed by atoms with van der Waals surface area (Å²) in [6.45, 7) is 4.71. The lowest BCUT2D eigenvalue weighted by atomic mass is 10.1. The normalized spacial score (nSPS) is 17.8. The first-order chi connectivity index (χ1) is 20.9. The zero-order valence-corrected chi connectivity index (χ0v) is 25.4. The van der Waals surface area contributed by atoms with E-state index in [1.54, 1.807) is 43.3 Å². The van der Waals surface area contributed by atoms with Crippen LogP contribution in [0.3, 0.4) is 0 Å². The van der Waals surface area contributed by atoms with Gasteiger partial charge in [-0.3, -0.25) is 4.79 Å². The summed E-state index contributed by atoms with van der Waals surface area (Å²) in [5, 5.41) is 12.7. The molecule has 1 aliphatic rings. The number of aliphatic hydroxyl groups is 1. The summed E-state index contributed by atoms with van der Waals surface area (Å²) < 4.78 is 74.9. The maximum absolute atomic E-state index is 13.0. The molecule has 0 aromatic heterocycles. The highest BCUT2D eigenvalue weighted by Crippen LogP contribution is 2.32. The van der Waals surface area contributed by atoms with Crippen LogP contribution in [0.15, 0.2) is 77.7 Å². The Morgan fingerprint density at radius 1 is 1.02 bits per heavy atom. The zero-order valence-electron chi connectivity index (χ0n) is 24.6. The van der Waals surface area contributed by atoms with E-state index >= 15 is 0 Å². The van der Waals surface area contributed by atoms with E-state index < -0.39 is 33.5 Å². The number of hydrogen-bond donors (Lipinski definition) is 2. The minimum Gasteiger partial charge on any atom is -0.489 e. The van der Waals surface area contributed by atoms with Crippen LogP contribution in [0, 0.1) is 0 Å². The summed E-state index contributed by atoms with van der Waals surface area (Å²) in [4.78, 5) is 15.3. The van der Waals surface area contributed by atoms with Crippen molar-refractivity contribution in [2.75, 3.05) is 37.0 Å². The fourth-order valence-electron chi connectivity index (χ4n) is 5.07. The number of carbonyl (C=O) groups excluding carboxylic acids is 1. The van der Waals surface area contributed by atoms with Gasteiger partial charge in [-0.2, -0.15) is 13.2 Å². The standard InChI is InChI=1S/C32H37F3N2O6S/c1-3-17-42-21-26-18-28(43-27-13-9-24(10-14-27)32(33,34)35)19-37(26)25-11-5-23(6-12-25)31(39)36-30(20-38)22-7-15-29(16-8-22)44(40,41)4-2/h5-16,26,28,30,38H,3-4,17-21H2,1-2H3,(H,36,39)/t26-,28+,30?/m0/s1. The van der Waals surface area contributed by atoms with Crippen LogP contribution in [-0.4, -0.2) is 63.7 Å². The molecule has 2 N–H and O–H groups in total. The Kier molecular flexibility index (Phi) is 10.9. The number of benzene rings is 3. The van der Waals surface area contributed by atoms with E-state index in [0.29, 0.717) is 43.1 Å². The number of amides is 1. The number of halogens is 3. The van der Waals surface area contributed by atoms with Crippen molar-refractivity contribution in [1.82, 2.24) is 5.32 Å². The molecule has 0 aliphatic carbocycles. The molecule has 1 unspecified atom stereocenters. The van der Waals surface area contributed by atoms with Gasteiger partial charge in [0.15, 0.2) is 9.84 Å². The number of hydrogen-bond acceptors (Lipinski definition) is 7. The minimum absolute atomic E-state index is 0.0285. The smallest absolute Gasteiger partial charge is 0.416 e. The Morgan fingerprint density at radius 3 is 2.25 bits per heavy atom. The summed E-state index contributed by atoms with van der Waals surface area (Å²) in [6.07, 6.45) is -3.24. The number of ether oxygens (including phenoxy) is 2. The Balaban J connectivity index is 1.43. The van der Waals surface area contributed by atoms with Crippen LogP contribution < -0.4 is 15.0 Å². The van der Waals surface area contributed by atoms with E-state index in [-0.39, 0.29) is 29.4 Å². The van der Waals surface area contributed by atoms with Gasteiger partial charge in [0.2, 0.25) is 0 Å². The van der Waals surface area contributed by atoms with Crippen molar-refractivity contribution >= 4 is 21.4 Å². The lowest BCUT2D eigenvalue weighted by Gasteiger charge is -2.26. The first-order valence-electron chi connectivity index (χ1n) is 14.5. The van der Waals surface area contributed by atoms with Crippen LogP contribution in [0.2, 0.25) is 0 Å². The highest BCUT2D eigenvalue weighted by atomic mass is 32.2. The van der Waals surface area contributed by atoms with Gasteiger partial charge >= 0.3 is 6.18 Å². The van der Waals surface area contributed by atoms with E-state index in [1.807, 2.05) is 6.92 Å². The van der Waals surface area contributed by atoms with Crippen molar-refractivity contribution in [3.8, 4) is 5.75 Å². The SMILES string of the molecule is CCCOC[C@@H]1C[C@@H](Oc2ccc(C(F)(F)F)cc2)CN1c1ccc(C(=O)NC(CO)c2ccc(S(=O)(=O)CC)cc2)cc1. The number of nitrogens with one attached hydrogen (secondary N) is 1. The zero-order chi connectivity index (χ0) is 31.9. The predicted octanol–water partition coefficient (Wildman–Crippen LogP) is 5.42. The number of nitrogens with zero attached hydrogens (tertiary/aromatic N) is 1. The van der Waals surface area contributed by atoms with Gasteiger partial charge in [0.1, 0.15) is 11.9 Å². The first kappa shape index (κ1) is 33.3. The molecule has 1 saturated heterocycles. The second kappa shape index (κ2) is 14.4. The van der Waals surface area contributed by atoms with Gasteiger partial charge in [0.25, 0.3) is 5.91 Å². The lowest BCUT2D eigenvalue weighted by molar-refractivity contribution is -0.137. The van der Waals surface area contributed by atoms with Crippen molar-refractivity contribution in [1.29, 1.82) is 0 Å². The van der Waals surface area contributed by atoms with Crippen molar-refractivity contribution in [3.05, 3.63) is 89.5 Å². The Labute approximate surface area is 255 Å². The van der Waals surface area contributed by atoms with Crippen molar-refractivity contribution in [2.24, 2.45) is 0 Å². The summed E-state index contributed by atoms with van der Waals surface area (Å²) in [5.74, 6) is -0.0852. The molecular weight excluding hydrogens is 597 g/mol. The fourth-order valence-corrected chi connectivity index (χ4v) is 5.95. The van der Waals surface area contributed by atoms with Crippen LogP contribution in [0.25, 0.3) is 0 Å². The average Bonchev–Trinajstić information content (AvgIpc) is 3.42. The molecule has 44 heavy (non-hydrogen) atoms. The molecule has 238 valence electrons. The quantitative estimate of drug-likeness (QED) is 0.242. The molecule has 3 aromatic carbocycles. The maximum Gasteiger partial charge on any atom is 0.416 e. The van der Waals surface area contributed by atoms with Crippen LogP contribution in [0.4, 0.5) is 18.9 Å². The molecule has 0 spiro atoms. The maximum atomic E-state index is 13.0. The average molecular weight is 635 g/mol. The molecular formula is C32H37F3N2O6S. The summed E-state index contributed by atoms with van der Waals surface area (Å²) in [7, 11) is -3.37. The van der Waals surface area contributed by atoms with Crippen molar-refractivity contribution < 1.29 is 41.0 Å². The van der Waals surface area contributed by atoms with Gasteiger partial charge in [-0.05, 0) is 72.6 Å². The molecule has 1 amide bonds. The molecule has 8 nitrogen and oxygen atoms in total. The number of anilines is 1. The second-order valence-corrected chi connectivity index (χ2v) is 12.9.